The van der Waals surface area contributed by atoms with Crippen molar-refractivity contribution in [1.82, 2.24) is 0 Å². The highest BCUT2D eigenvalue weighted by Crippen LogP contribution is 2.19. The summed E-state index contributed by atoms with van der Waals surface area (Å²) in [6, 6.07) is 4.36. The monoisotopic (exact) mass is 290 g/mol. The highest BCUT2D eigenvalue weighted by Gasteiger charge is 2.12. The van der Waals surface area contributed by atoms with Gasteiger partial charge in [-0.2, -0.15) is 0 Å². The molecule has 0 heterocycles. The van der Waals surface area contributed by atoms with E-state index in [9.17, 15) is 9.00 Å². The quantitative estimate of drug-likeness (QED) is 0.874. The Morgan fingerprint density at radius 3 is 2.72 bits per heavy atom. The molecule has 1 aromatic carbocycles. The molecule has 0 aliphatic rings. The average Bonchev–Trinajstić information content (AvgIpc) is 2.28. The minimum Gasteiger partial charge on any atom is -0.478 e. The summed E-state index contributed by atoms with van der Waals surface area (Å²) >= 11 is 5.74. The zero-order chi connectivity index (χ0) is 13.7. The molecule has 1 N–H and O–H groups in total. The molecule has 0 fully saturated rings. The van der Waals surface area contributed by atoms with Gasteiger partial charge in [0, 0.05) is 4.90 Å². The van der Waals surface area contributed by atoms with Crippen molar-refractivity contribution in [3.8, 4) is 0 Å². The van der Waals surface area contributed by atoms with Crippen LogP contribution in [0.25, 0.3) is 0 Å². The second-order valence-electron chi connectivity index (χ2n) is 3.92. The van der Waals surface area contributed by atoms with Gasteiger partial charge in [-0.25, -0.2) is 4.79 Å². The normalized spacial score (nSPS) is 12.7. The molecule has 0 aliphatic heterocycles. The highest BCUT2D eigenvalue weighted by molar-refractivity contribution is 7.85. The molecule has 1 unspecified atom stereocenters. The maximum absolute atomic E-state index is 11.9. The van der Waals surface area contributed by atoms with Crippen LogP contribution in [-0.4, -0.2) is 33.7 Å². The van der Waals surface area contributed by atoms with Crippen molar-refractivity contribution >= 4 is 28.4 Å². The van der Waals surface area contributed by atoms with E-state index in [-0.39, 0.29) is 16.7 Å². The van der Waals surface area contributed by atoms with Crippen LogP contribution in [0.4, 0.5) is 0 Å². The Morgan fingerprint density at radius 2 is 2.17 bits per heavy atom. The van der Waals surface area contributed by atoms with Crippen LogP contribution in [0.15, 0.2) is 23.1 Å². The molecule has 0 aromatic heterocycles. The molecule has 1 atom stereocenters. The summed E-state index contributed by atoms with van der Waals surface area (Å²) in [5.41, 5.74) is -0.0349. The van der Waals surface area contributed by atoms with Gasteiger partial charge in [0.25, 0.3) is 0 Å². The number of rotatable bonds is 6. The van der Waals surface area contributed by atoms with E-state index in [2.05, 4.69) is 0 Å². The fraction of sp³-hybridized carbons (Fsp3) is 0.417. The van der Waals surface area contributed by atoms with Gasteiger partial charge in [-0.15, -0.1) is 0 Å². The molecule has 1 aromatic rings. The SMILES string of the molecule is CC(C)OCCS(=O)c1ccc(Cl)c(C(=O)O)c1. The van der Waals surface area contributed by atoms with Crippen LogP contribution in [0.1, 0.15) is 24.2 Å². The van der Waals surface area contributed by atoms with E-state index >= 15 is 0 Å². The fourth-order valence-electron chi connectivity index (χ4n) is 1.29. The van der Waals surface area contributed by atoms with E-state index in [0.717, 1.165) is 0 Å². The molecular weight excluding hydrogens is 276 g/mol. The van der Waals surface area contributed by atoms with Crippen LogP contribution in [0.2, 0.25) is 5.02 Å². The predicted molar refractivity (Wildman–Crippen MR) is 70.8 cm³/mol. The van der Waals surface area contributed by atoms with Gasteiger partial charge < -0.3 is 9.84 Å². The first kappa shape index (κ1) is 15.1. The Balaban J connectivity index is 2.74. The summed E-state index contributed by atoms with van der Waals surface area (Å²) in [5, 5.41) is 9.05. The van der Waals surface area contributed by atoms with Crippen molar-refractivity contribution in [2.45, 2.75) is 24.8 Å². The lowest BCUT2D eigenvalue weighted by Gasteiger charge is -2.08. The molecule has 0 radical (unpaired) electrons. The summed E-state index contributed by atoms with van der Waals surface area (Å²) in [5.74, 6) is -0.795. The van der Waals surface area contributed by atoms with Gasteiger partial charge >= 0.3 is 5.97 Å². The summed E-state index contributed by atoms with van der Waals surface area (Å²) in [6.45, 7) is 4.16. The summed E-state index contributed by atoms with van der Waals surface area (Å²) in [6.07, 6.45) is 0.0850. The maximum Gasteiger partial charge on any atom is 0.337 e. The Morgan fingerprint density at radius 1 is 1.50 bits per heavy atom. The third-order valence-electron chi connectivity index (χ3n) is 2.15. The molecule has 100 valence electrons. The van der Waals surface area contributed by atoms with Crippen LogP contribution in [0.5, 0.6) is 0 Å². The van der Waals surface area contributed by atoms with Gasteiger partial charge in [0.1, 0.15) is 0 Å². The van der Waals surface area contributed by atoms with Gasteiger partial charge in [-0.3, -0.25) is 4.21 Å². The van der Waals surface area contributed by atoms with E-state index in [0.29, 0.717) is 17.3 Å². The minimum absolute atomic E-state index is 0.0349. The number of carboxylic acid groups (broad SMARTS) is 1. The molecule has 0 bridgehead atoms. The molecule has 0 spiro atoms. The lowest BCUT2D eigenvalue weighted by Crippen LogP contribution is -2.11. The predicted octanol–water partition coefficient (Wildman–Crippen LogP) is 2.57. The summed E-state index contributed by atoms with van der Waals surface area (Å²) in [4.78, 5) is 11.3. The lowest BCUT2D eigenvalue weighted by atomic mass is 10.2. The van der Waals surface area contributed by atoms with Crippen molar-refractivity contribution in [1.29, 1.82) is 0 Å². The van der Waals surface area contributed by atoms with E-state index in [1.165, 1.54) is 12.1 Å². The summed E-state index contributed by atoms with van der Waals surface area (Å²) in [7, 11) is -1.28. The second-order valence-corrected chi connectivity index (χ2v) is 5.89. The second kappa shape index (κ2) is 6.87. The smallest absolute Gasteiger partial charge is 0.337 e. The van der Waals surface area contributed by atoms with Crippen molar-refractivity contribution in [3.05, 3.63) is 28.8 Å². The van der Waals surface area contributed by atoms with Crippen LogP contribution in [0, 0.1) is 0 Å². The third kappa shape index (κ3) is 4.40. The van der Waals surface area contributed by atoms with E-state index in [1.54, 1.807) is 6.07 Å². The summed E-state index contributed by atoms with van der Waals surface area (Å²) < 4.78 is 17.2. The van der Waals surface area contributed by atoms with Crippen molar-refractivity contribution in [2.24, 2.45) is 0 Å². The molecule has 18 heavy (non-hydrogen) atoms. The molecule has 6 heteroatoms. The van der Waals surface area contributed by atoms with E-state index < -0.39 is 16.8 Å². The van der Waals surface area contributed by atoms with Crippen LogP contribution in [0.3, 0.4) is 0 Å². The number of aromatic carboxylic acids is 1. The zero-order valence-electron chi connectivity index (χ0n) is 10.2. The fourth-order valence-corrected chi connectivity index (χ4v) is 2.44. The van der Waals surface area contributed by atoms with Gasteiger partial charge in [0.2, 0.25) is 0 Å². The minimum atomic E-state index is -1.28. The Kier molecular flexibility index (Phi) is 5.78. The maximum atomic E-state index is 11.9. The van der Waals surface area contributed by atoms with Gasteiger partial charge in [-0.05, 0) is 32.0 Å². The number of ether oxygens (including phenoxy) is 1. The Hall–Kier alpha value is -0.910. The highest BCUT2D eigenvalue weighted by atomic mass is 35.5. The van der Waals surface area contributed by atoms with Gasteiger partial charge in [0.15, 0.2) is 0 Å². The number of carboxylic acids is 1. The number of hydrogen-bond donors (Lipinski definition) is 1. The lowest BCUT2D eigenvalue weighted by molar-refractivity contribution is 0.0696. The number of halogens is 1. The molecule has 0 saturated carbocycles. The van der Waals surface area contributed by atoms with Crippen LogP contribution >= 0.6 is 11.6 Å². The molecular formula is C12H15ClO4S. The third-order valence-corrected chi connectivity index (χ3v) is 3.80. The van der Waals surface area contributed by atoms with E-state index in [1.807, 2.05) is 13.8 Å². The zero-order valence-corrected chi connectivity index (χ0v) is 11.8. The molecule has 0 amide bonds. The first-order valence-corrected chi connectivity index (χ1v) is 7.14. The average molecular weight is 291 g/mol. The van der Waals surface area contributed by atoms with Crippen molar-refractivity contribution in [2.75, 3.05) is 12.4 Å². The van der Waals surface area contributed by atoms with Gasteiger partial charge in [0.05, 0.1) is 39.8 Å². The van der Waals surface area contributed by atoms with Gasteiger partial charge in [-0.1, -0.05) is 11.6 Å². The molecule has 1 rings (SSSR count). The van der Waals surface area contributed by atoms with Crippen molar-refractivity contribution in [3.63, 3.8) is 0 Å². The first-order valence-electron chi connectivity index (χ1n) is 5.44. The molecule has 4 nitrogen and oxygen atoms in total. The number of benzene rings is 1. The largest absolute Gasteiger partial charge is 0.478 e. The van der Waals surface area contributed by atoms with Crippen LogP contribution in [-0.2, 0) is 15.5 Å². The Labute approximate surface area is 113 Å². The molecule has 0 aliphatic carbocycles. The number of carbonyl (C=O) groups is 1. The topological polar surface area (TPSA) is 63.6 Å². The number of hydrogen-bond acceptors (Lipinski definition) is 3. The Bertz CT molecular complexity index is 459. The van der Waals surface area contributed by atoms with Crippen molar-refractivity contribution < 1.29 is 18.8 Å². The van der Waals surface area contributed by atoms with E-state index in [4.69, 9.17) is 21.4 Å². The van der Waals surface area contributed by atoms with Crippen LogP contribution < -0.4 is 0 Å². The molecule has 0 saturated heterocycles. The first-order chi connectivity index (χ1) is 8.41. The standard InChI is InChI=1S/C12H15ClO4S/c1-8(2)17-5-6-18(16)9-3-4-11(13)10(7-9)12(14)15/h3-4,7-8H,5-6H2,1-2H3,(H,14,15).